The SMILES string of the molecule is C=O.C=O.C=O.CC.CCOOCC.CCO[SiH2]CCCCC(=O)CCCCOCCCCOCCCCOCCCCOCCCCOCCCCOCCCCOCCCCOCCCCOCCCCOCCCCOCCCCOCCCCOCCCCOCCCCC(=O)CCCC[SiH2]C. The molecule has 0 fully saturated rings. The third-order valence-electron chi connectivity index (χ3n) is 15.8. The lowest BCUT2D eigenvalue weighted by molar-refractivity contribution is -0.287. The maximum atomic E-state index is 12.0. The molecule has 0 radical (unpaired) electrons. The van der Waals surface area contributed by atoms with Gasteiger partial charge in [-0.05, 0) is 232 Å². The fraction of sp³-hybridized carbons (Fsp3) is 0.939. The van der Waals surface area contributed by atoms with Crippen LogP contribution in [0, 0.1) is 0 Å². The highest BCUT2D eigenvalue weighted by Gasteiger charge is 2.06. The second-order valence-corrected chi connectivity index (χ2v) is 28.6. The molecule has 24 heteroatoms. The summed E-state index contributed by atoms with van der Waals surface area (Å²) < 4.78 is 86.4. The van der Waals surface area contributed by atoms with Crippen molar-refractivity contribution >= 4 is 51.2 Å². The van der Waals surface area contributed by atoms with Gasteiger partial charge < -0.3 is 85.1 Å². The summed E-state index contributed by atoms with van der Waals surface area (Å²) in [5.74, 6) is 0.833. The van der Waals surface area contributed by atoms with Gasteiger partial charge in [-0.1, -0.05) is 39.3 Å². The first-order chi connectivity index (χ1) is 52.6. The number of hydrogen-bond acceptors (Lipinski definition) is 22. The molecule has 0 aromatic heterocycles. The highest BCUT2D eigenvalue weighted by molar-refractivity contribution is 6.33. The number of ether oxygens (including phenoxy) is 14. The number of ketones is 2. The maximum absolute atomic E-state index is 12.0. The van der Waals surface area contributed by atoms with Crippen LogP contribution in [0.4, 0.5) is 0 Å². The van der Waals surface area contributed by atoms with E-state index in [9.17, 15) is 9.59 Å². The Labute approximate surface area is 654 Å². The van der Waals surface area contributed by atoms with E-state index in [0.29, 0.717) is 31.2 Å². The van der Waals surface area contributed by atoms with Crippen LogP contribution in [0.2, 0.25) is 18.6 Å². The fourth-order valence-corrected chi connectivity index (χ4v) is 11.7. The van der Waals surface area contributed by atoms with Gasteiger partial charge in [0.1, 0.15) is 31.9 Å². The minimum Gasteiger partial charge on any atom is -0.424 e. The first-order valence-corrected chi connectivity index (χ1v) is 46.4. The summed E-state index contributed by atoms with van der Waals surface area (Å²) in [7, 11) is -0.186. The predicted molar refractivity (Wildman–Crippen MR) is 437 cm³/mol. The lowest BCUT2D eigenvalue weighted by Crippen LogP contribution is -2.05. The number of carbonyl (C=O) groups is 5. The van der Waals surface area contributed by atoms with Crippen molar-refractivity contribution in [3.05, 3.63) is 0 Å². The Morgan fingerprint density at radius 1 is 0.217 bits per heavy atom. The summed E-state index contributed by atoms with van der Waals surface area (Å²) >= 11 is 0. The van der Waals surface area contributed by atoms with Crippen molar-refractivity contribution in [2.24, 2.45) is 0 Å². The predicted octanol–water partition coefficient (Wildman–Crippen LogP) is 15.8. The molecule has 0 aliphatic rings. The monoisotopic (exact) mass is 1560 g/mol. The maximum Gasteiger partial charge on any atom is 0.161 e. The van der Waals surface area contributed by atoms with E-state index < -0.39 is 0 Å². The van der Waals surface area contributed by atoms with E-state index in [2.05, 4.69) is 16.3 Å². The quantitative estimate of drug-likeness (QED) is 0.0238. The average Bonchev–Trinajstić information content (AvgIpc) is 2.10. The summed E-state index contributed by atoms with van der Waals surface area (Å²) in [6.07, 6.45) is 38.2. The first-order valence-electron chi connectivity index (χ1n) is 42.4. The van der Waals surface area contributed by atoms with Gasteiger partial charge in [0, 0.05) is 227 Å². The molecule has 0 bridgehead atoms. The summed E-state index contributed by atoms with van der Waals surface area (Å²) in [6, 6.07) is 2.57. The molecule has 638 valence electrons. The Hall–Kier alpha value is -1.90. The highest BCUT2D eigenvalue weighted by atomic mass is 28.2. The van der Waals surface area contributed by atoms with Crippen LogP contribution in [0.3, 0.4) is 0 Å². The summed E-state index contributed by atoms with van der Waals surface area (Å²) in [5, 5.41) is 0. The van der Waals surface area contributed by atoms with Gasteiger partial charge in [-0.3, -0.25) is 9.59 Å². The Balaban J connectivity index is -0.00000165. The molecular weight excluding hydrogens is 1390 g/mol. The van der Waals surface area contributed by atoms with Crippen LogP contribution < -0.4 is 0 Å². The van der Waals surface area contributed by atoms with Crippen molar-refractivity contribution in [2.45, 2.75) is 297 Å². The number of carbonyl (C=O) groups excluding carboxylic acids is 5. The van der Waals surface area contributed by atoms with E-state index in [4.69, 9.17) is 85.1 Å². The van der Waals surface area contributed by atoms with Gasteiger partial charge >= 0.3 is 0 Å². The van der Waals surface area contributed by atoms with E-state index in [0.717, 1.165) is 423 Å². The van der Waals surface area contributed by atoms with Crippen molar-refractivity contribution in [3.63, 3.8) is 0 Å². The van der Waals surface area contributed by atoms with Crippen LogP contribution in [-0.2, 0) is 104 Å². The number of rotatable bonds is 90. The minimum absolute atomic E-state index is 0.158. The molecule has 0 rings (SSSR count). The number of hydrogen-bond donors (Lipinski definition) is 0. The van der Waals surface area contributed by atoms with E-state index >= 15 is 0 Å². The summed E-state index contributed by atoms with van der Waals surface area (Å²) in [5.41, 5.74) is 0. The topological polar surface area (TPSA) is 242 Å². The molecule has 0 saturated carbocycles. The van der Waals surface area contributed by atoms with Crippen LogP contribution in [0.1, 0.15) is 279 Å². The van der Waals surface area contributed by atoms with Crippen LogP contribution in [-0.4, -0.2) is 256 Å². The molecule has 106 heavy (non-hydrogen) atoms. The molecular formula is C82H170O22Si2. The Morgan fingerprint density at radius 3 is 0.500 bits per heavy atom. The standard InChI is InChI=1S/C73H148O17Si2.C4H10O2.C2H6.3CH2O/c1-3-90-92-71-37-7-41-73(75)39-5-9-43-77-45-11-13-47-79-49-15-17-51-81-53-19-21-55-83-57-23-25-59-85-61-27-29-63-87-65-31-33-67-89-69-35-34-68-88-66-32-30-64-86-62-28-26-60-84-58-24-22-56-82-54-20-18-52-80-50-16-14-48-78-46-12-10-44-76-42-8-4-38-72(74)40-6-36-70-91-2;1-3-5-6-4-2;4*1-2/h3-71,91-92H2,1-2H3;3-4H2,1-2H3;1-2H3;3*1H2. The van der Waals surface area contributed by atoms with Crippen molar-refractivity contribution < 1.29 is 104 Å². The molecule has 0 spiro atoms. The largest absolute Gasteiger partial charge is 0.424 e. The summed E-state index contributed by atoms with van der Waals surface area (Å²) in [6.45, 7) is 42.5. The van der Waals surface area contributed by atoms with Gasteiger partial charge in [-0.15, -0.1) is 0 Å². The molecule has 0 atom stereocenters. The second kappa shape index (κ2) is 121. The molecule has 0 N–H and O–H groups in total. The molecule has 0 unspecified atom stereocenters. The minimum atomic E-state index is -0.344. The average molecular weight is 1560 g/mol. The van der Waals surface area contributed by atoms with Crippen molar-refractivity contribution in [1.29, 1.82) is 0 Å². The zero-order chi connectivity index (χ0) is 78.8. The van der Waals surface area contributed by atoms with Gasteiger partial charge in [0.15, 0.2) is 9.76 Å². The third-order valence-corrected chi connectivity index (χ3v) is 18.5. The van der Waals surface area contributed by atoms with Gasteiger partial charge in [-0.2, -0.15) is 0 Å². The lowest BCUT2D eigenvalue weighted by atomic mass is 10.1. The second-order valence-electron chi connectivity index (χ2n) is 25.4. The van der Waals surface area contributed by atoms with Crippen LogP contribution in [0.25, 0.3) is 0 Å². The van der Waals surface area contributed by atoms with Crippen LogP contribution in [0.15, 0.2) is 0 Å². The lowest BCUT2D eigenvalue weighted by Gasteiger charge is -2.08. The van der Waals surface area contributed by atoms with Gasteiger partial charge in [-0.25, -0.2) is 9.78 Å². The van der Waals surface area contributed by atoms with Gasteiger partial charge in [0.25, 0.3) is 0 Å². The Bertz CT molecular complexity index is 1480. The molecule has 0 aliphatic carbocycles. The van der Waals surface area contributed by atoms with Gasteiger partial charge in [0.2, 0.25) is 0 Å². The van der Waals surface area contributed by atoms with E-state index in [1.54, 1.807) is 0 Å². The van der Waals surface area contributed by atoms with E-state index in [1.807, 2.05) is 55.0 Å². The number of Topliss-reactive ketones (excluding diaryl/α,β-unsaturated/α-hetero) is 2. The van der Waals surface area contributed by atoms with Gasteiger partial charge in [0.05, 0.1) is 13.2 Å². The normalized spacial score (nSPS) is 11.1. The molecule has 0 aromatic carbocycles. The Morgan fingerprint density at radius 2 is 0.358 bits per heavy atom. The zero-order valence-electron chi connectivity index (χ0n) is 69.7. The van der Waals surface area contributed by atoms with Crippen LogP contribution >= 0.6 is 0 Å². The molecule has 0 aliphatic heterocycles. The summed E-state index contributed by atoms with van der Waals surface area (Å²) in [4.78, 5) is 56.8. The third kappa shape index (κ3) is 123. The number of unbranched alkanes of at least 4 members (excludes halogenated alkanes) is 17. The van der Waals surface area contributed by atoms with Crippen molar-refractivity contribution in [3.8, 4) is 0 Å². The van der Waals surface area contributed by atoms with Crippen molar-refractivity contribution in [2.75, 3.05) is 205 Å². The zero-order valence-corrected chi connectivity index (χ0v) is 72.6. The smallest absolute Gasteiger partial charge is 0.161 e. The van der Waals surface area contributed by atoms with E-state index in [1.165, 1.54) is 18.5 Å². The van der Waals surface area contributed by atoms with Crippen molar-refractivity contribution in [1.82, 2.24) is 0 Å². The van der Waals surface area contributed by atoms with Crippen LogP contribution in [0.5, 0.6) is 0 Å². The molecule has 0 aromatic rings. The molecule has 0 amide bonds. The first kappa shape index (κ1) is 115. The highest BCUT2D eigenvalue weighted by Crippen LogP contribution is 2.10. The van der Waals surface area contributed by atoms with E-state index in [-0.39, 0.29) is 19.3 Å². The molecule has 0 heterocycles. The molecule has 22 nitrogen and oxygen atoms in total. The molecule has 0 saturated heterocycles. The Kier molecular flexibility index (Phi) is 132. The fourth-order valence-electron chi connectivity index (χ4n) is 9.80.